The molecule has 0 unspecified atom stereocenters. The summed E-state index contributed by atoms with van der Waals surface area (Å²) in [6.07, 6.45) is 5.98. The molecule has 0 radical (unpaired) electrons. The minimum Gasteiger partial charge on any atom is -0.353 e. The normalized spacial score (nSPS) is 21.0. The third kappa shape index (κ3) is 4.41. The minimum absolute atomic E-state index is 0.0839. The lowest BCUT2D eigenvalue weighted by Crippen LogP contribution is -2.46. The quantitative estimate of drug-likeness (QED) is 0.895. The molecule has 5 nitrogen and oxygen atoms in total. The van der Waals surface area contributed by atoms with E-state index in [-0.39, 0.29) is 34.8 Å². The number of amides is 1. The van der Waals surface area contributed by atoms with Crippen molar-refractivity contribution >= 4 is 5.91 Å². The van der Waals surface area contributed by atoms with Crippen LogP contribution in [0.2, 0.25) is 0 Å². The van der Waals surface area contributed by atoms with Gasteiger partial charge in [0.25, 0.3) is 5.56 Å². The van der Waals surface area contributed by atoms with Crippen molar-refractivity contribution in [3.8, 4) is 0 Å². The Bertz CT molecular complexity index is 559. The Balaban J connectivity index is 2.00. The Kier molecular flexibility index (Phi) is 4.21. The predicted octanol–water partition coefficient (Wildman–Crippen LogP) is 2.03. The lowest BCUT2D eigenvalue weighted by molar-refractivity contribution is -0.122. The zero-order chi connectivity index (χ0) is 15.7. The lowest BCUT2D eigenvalue weighted by atomic mass is 9.63. The summed E-state index contributed by atoms with van der Waals surface area (Å²) < 4.78 is 0. The van der Waals surface area contributed by atoms with Crippen molar-refractivity contribution in [1.29, 1.82) is 0 Å². The zero-order valence-corrected chi connectivity index (χ0v) is 13.3. The summed E-state index contributed by atoms with van der Waals surface area (Å²) in [6, 6.07) is 0.173. The molecule has 1 aromatic rings. The van der Waals surface area contributed by atoms with Gasteiger partial charge in [0.2, 0.25) is 5.91 Å². The second-order valence-corrected chi connectivity index (χ2v) is 7.76. The highest BCUT2D eigenvalue weighted by Crippen LogP contribution is 2.45. The molecule has 5 heteroatoms. The number of carbonyl (C=O) groups excluding carboxylic acids is 1. The lowest BCUT2D eigenvalue weighted by Gasteiger charge is -2.45. The first kappa shape index (κ1) is 15.7. The van der Waals surface area contributed by atoms with E-state index in [1.165, 1.54) is 12.5 Å². The Labute approximate surface area is 125 Å². The van der Waals surface area contributed by atoms with Crippen LogP contribution in [0.25, 0.3) is 0 Å². The Morgan fingerprint density at radius 1 is 1.33 bits per heavy atom. The SMILES string of the molecule is CC1(C)CC(NC(=O)Cc2cnc[nH]c2=O)CC(C)(C)C1. The van der Waals surface area contributed by atoms with Crippen LogP contribution in [-0.4, -0.2) is 21.9 Å². The second-order valence-electron chi connectivity index (χ2n) is 7.76. The maximum atomic E-state index is 12.2. The molecule has 1 aliphatic rings. The molecule has 2 N–H and O–H groups in total. The topological polar surface area (TPSA) is 74.8 Å². The smallest absolute Gasteiger partial charge is 0.254 e. The third-order valence-electron chi connectivity index (χ3n) is 4.06. The van der Waals surface area contributed by atoms with Crippen LogP contribution in [0, 0.1) is 10.8 Å². The van der Waals surface area contributed by atoms with Gasteiger partial charge in [-0.25, -0.2) is 4.98 Å². The number of aromatic amines is 1. The molecule has 1 aromatic heterocycles. The van der Waals surface area contributed by atoms with Gasteiger partial charge in [-0.2, -0.15) is 0 Å². The highest BCUT2D eigenvalue weighted by atomic mass is 16.2. The van der Waals surface area contributed by atoms with Crippen molar-refractivity contribution in [2.75, 3.05) is 0 Å². The fourth-order valence-corrected chi connectivity index (χ4v) is 3.90. The molecule has 0 atom stereocenters. The van der Waals surface area contributed by atoms with Crippen molar-refractivity contribution in [2.45, 2.75) is 59.4 Å². The number of hydrogen-bond acceptors (Lipinski definition) is 3. The van der Waals surface area contributed by atoms with Crippen molar-refractivity contribution in [1.82, 2.24) is 15.3 Å². The van der Waals surface area contributed by atoms with E-state index in [0.717, 1.165) is 19.3 Å². The maximum Gasteiger partial charge on any atom is 0.254 e. The molecule has 21 heavy (non-hydrogen) atoms. The average molecular weight is 291 g/mol. The number of hydrogen-bond donors (Lipinski definition) is 2. The number of nitrogens with zero attached hydrogens (tertiary/aromatic N) is 1. The molecule has 116 valence electrons. The first-order chi connectivity index (χ1) is 9.67. The third-order valence-corrected chi connectivity index (χ3v) is 4.06. The van der Waals surface area contributed by atoms with Gasteiger partial charge in [0.05, 0.1) is 12.7 Å². The molecule has 1 fully saturated rings. The van der Waals surface area contributed by atoms with Gasteiger partial charge in [0.1, 0.15) is 0 Å². The van der Waals surface area contributed by atoms with E-state index in [2.05, 4.69) is 43.0 Å². The number of aromatic nitrogens is 2. The number of rotatable bonds is 3. The van der Waals surface area contributed by atoms with Gasteiger partial charge < -0.3 is 10.3 Å². The molecule has 1 amide bonds. The van der Waals surface area contributed by atoms with E-state index in [9.17, 15) is 9.59 Å². The standard InChI is InChI=1S/C16H25N3O2/c1-15(2)6-12(7-16(3,4)9-15)19-13(20)5-11-8-17-10-18-14(11)21/h8,10,12H,5-7,9H2,1-4H3,(H,19,20)(H,17,18,21). The molecular formula is C16H25N3O2. The van der Waals surface area contributed by atoms with Gasteiger partial charge in [-0.05, 0) is 30.1 Å². The van der Waals surface area contributed by atoms with E-state index in [4.69, 9.17) is 0 Å². The van der Waals surface area contributed by atoms with E-state index < -0.39 is 0 Å². The van der Waals surface area contributed by atoms with Gasteiger partial charge in [0.15, 0.2) is 0 Å². The van der Waals surface area contributed by atoms with Crippen molar-refractivity contribution in [2.24, 2.45) is 10.8 Å². The highest BCUT2D eigenvalue weighted by Gasteiger charge is 2.38. The van der Waals surface area contributed by atoms with Gasteiger partial charge in [-0.15, -0.1) is 0 Å². The molecule has 0 bridgehead atoms. The monoisotopic (exact) mass is 291 g/mol. The minimum atomic E-state index is -0.246. The fourth-order valence-electron chi connectivity index (χ4n) is 3.90. The molecule has 1 aliphatic carbocycles. The van der Waals surface area contributed by atoms with Gasteiger partial charge in [-0.1, -0.05) is 27.7 Å². The Hall–Kier alpha value is -1.65. The number of H-pyrrole nitrogens is 1. The average Bonchev–Trinajstić information content (AvgIpc) is 2.27. The van der Waals surface area contributed by atoms with Crippen molar-refractivity contribution < 1.29 is 4.79 Å². The van der Waals surface area contributed by atoms with Crippen LogP contribution in [0.1, 0.15) is 52.5 Å². The largest absolute Gasteiger partial charge is 0.353 e. The van der Waals surface area contributed by atoms with Crippen LogP contribution in [0.3, 0.4) is 0 Å². The summed E-state index contributed by atoms with van der Waals surface area (Å²) in [5, 5.41) is 3.09. The number of carbonyl (C=O) groups is 1. The van der Waals surface area contributed by atoms with E-state index >= 15 is 0 Å². The van der Waals surface area contributed by atoms with Crippen molar-refractivity contribution in [3.05, 3.63) is 28.4 Å². The summed E-state index contributed by atoms with van der Waals surface area (Å²) >= 11 is 0. The van der Waals surface area contributed by atoms with Gasteiger partial charge >= 0.3 is 0 Å². The number of nitrogens with one attached hydrogen (secondary N) is 2. The van der Waals surface area contributed by atoms with Crippen LogP contribution in [0.15, 0.2) is 17.3 Å². The van der Waals surface area contributed by atoms with Gasteiger partial charge in [0, 0.05) is 17.8 Å². The summed E-state index contributed by atoms with van der Waals surface area (Å²) in [5.41, 5.74) is 0.616. The summed E-state index contributed by atoms with van der Waals surface area (Å²) in [6.45, 7) is 9.00. The van der Waals surface area contributed by atoms with E-state index in [1.54, 1.807) is 0 Å². The summed E-state index contributed by atoms with van der Waals surface area (Å²) in [7, 11) is 0. The Morgan fingerprint density at radius 2 is 1.95 bits per heavy atom. The molecule has 2 rings (SSSR count). The molecule has 1 heterocycles. The maximum absolute atomic E-state index is 12.2. The molecule has 0 aliphatic heterocycles. The molecule has 0 aromatic carbocycles. The highest BCUT2D eigenvalue weighted by molar-refractivity contribution is 5.78. The molecule has 0 spiro atoms. The van der Waals surface area contributed by atoms with Crippen LogP contribution >= 0.6 is 0 Å². The fraction of sp³-hybridized carbons (Fsp3) is 0.688. The first-order valence-electron chi connectivity index (χ1n) is 7.48. The molecule has 0 saturated heterocycles. The van der Waals surface area contributed by atoms with Crippen LogP contribution in [0.5, 0.6) is 0 Å². The van der Waals surface area contributed by atoms with Gasteiger partial charge in [-0.3, -0.25) is 9.59 Å². The second kappa shape index (κ2) is 5.62. The first-order valence-corrected chi connectivity index (χ1v) is 7.48. The zero-order valence-electron chi connectivity index (χ0n) is 13.3. The predicted molar refractivity (Wildman–Crippen MR) is 81.9 cm³/mol. The van der Waals surface area contributed by atoms with E-state index in [1.807, 2.05) is 0 Å². The van der Waals surface area contributed by atoms with Crippen LogP contribution in [-0.2, 0) is 11.2 Å². The Morgan fingerprint density at radius 3 is 2.52 bits per heavy atom. The summed E-state index contributed by atoms with van der Waals surface area (Å²) in [4.78, 5) is 30.1. The van der Waals surface area contributed by atoms with Crippen LogP contribution in [0.4, 0.5) is 0 Å². The molecule has 1 saturated carbocycles. The van der Waals surface area contributed by atoms with Crippen LogP contribution < -0.4 is 10.9 Å². The summed E-state index contributed by atoms with van der Waals surface area (Å²) in [5.74, 6) is -0.105. The molecular weight excluding hydrogens is 266 g/mol. The van der Waals surface area contributed by atoms with Crippen molar-refractivity contribution in [3.63, 3.8) is 0 Å². The van der Waals surface area contributed by atoms with E-state index in [0.29, 0.717) is 5.56 Å².